The van der Waals surface area contributed by atoms with Crippen molar-refractivity contribution < 1.29 is 24.4 Å². The summed E-state index contributed by atoms with van der Waals surface area (Å²) in [6.07, 6.45) is 3.56. The van der Waals surface area contributed by atoms with Crippen LogP contribution in [0.1, 0.15) is 26.7 Å². The topological polar surface area (TPSA) is 109 Å². The van der Waals surface area contributed by atoms with Gasteiger partial charge in [0.05, 0.1) is 0 Å². The summed E-state index contributed by atoms with van der Waals surface area (Å²) in [5, 5.41) is 21.1. The highest BCUT2D eigenvalue weighted by molar-refractivity contribution is 5.93. The lowest BCUT2D eigenvalue weighted by molar-refractivity contribution is -0.456. The first-order valence-electron chi connectivity index (χ1n) is 5.41. The van der Waals surface area contributed by atoms with E-state index in [2.05, 4.69) is 14.8 Å². The fourth-order valence-electron chi connectivity index (χ4n) is 0.926. The van der Waals surface area contributed by atoms with Gasteiger partial charge in [0.2, 0.25) is 0 Å². The third kappa shape index (κ3) is 6.01. The molecule has 7 nitrogen and oxygen atoms in total. The van der Waals surface area contributed by atoms with Crippen LogP contribution in [0.15, 0.2) is 23.3 Å². The van der Waals surface area contributed by atoms with Gasteiger partial charge in [0, 0.05) is 5.04 Å². The monoisotopic (exact) mass is 264 g/mol. The molecule has 0 aromatic rings. The molecule has 0 atom stereocenters. The third-order valence-corrected chi connectivity index (χ3v) is 1.72. The Morgan fingerprint density at radius 2 is 1.32 bits per heavy atom. The Morgan fingerprint density at radius 1 is 0.947 bits per heavy atom. The minimum absolute atomic E-state index is 0.275. The Labute approximate surface area is 110 Å². The molecule has 0 aromatic heterocycles. The normalized spacial score (nSPS) is 11.2. The molecule has 19 heavy (non-hydrogen) atoms. The molecule has 0 spiro atoms. The van der Waals surface area contributed by atoms with Gasteiger partial charge < -0.3 is 0 Å². The summed E-state index contributed by atoms with van der Waals surface area (Å²) < 4.78 is 0. The van der Waals surface area contributed by atoms with Crippen molar-refractivity contribution in [3.63, 3.8) is 0 Å². The number of carbonyl (C=O) groups is 2. The first-order chi connectivity index (χ1) is 9.10. The second-order valence-electron chi connectivity index (χ2n) is 3.09. The number of hydrogen-bond donors (Lipinski definition) is 0. The molecule has 0 aliphatic heterocycles. The van der Waals surface area contributed by atoms with E-state index in [0.717, 1.165) is 0 Å². The molecule has 0 unspecified atom stereocenters. The Balaban J connectivity index is 4.33. The van der Waals surface area contributed by atoms with Crippen LogP contribution in [0.4, 0.5) is 0 Å². The Kier molecular flexibility index (Phi) is 8.09. The summed E-state index contributed by atoms with van der Waals surface area (Å²) in [7, 11) is 0. The summed E-state index contributed by atoms with van der Waals surface area (Å²) in [6.45, 7) is 3.44. The predicted molar refractivity (Wildman–Crippen MR) is 61.2 cm³/mol. The van der Waals surface area contributed by atoms with Crippen LogP contribution in [0, 0.1) is 22.7 Å². The van der Waals surface area contributed by atoms with Crippen molar-refractivity contribution >= 4 is 11.9 Å². The van der Waals surface area contributed by atoms with E-state index in [1.165, 1.54) is 12.2 Å². The summed E-state index contributed by atoms with van der Waals surface area (Å²) in [5.74, 6) is -2.18. The second-order valence-corrected chi connectivity index (χ2v) is 3.09. The first kappa shape index (κ1) is 16.4. The van der Waals surface area contributed by atoms with Gasteiger partial charge in [0.1, 0.15) is 23.3 Å². The fraction of sp³-hybridized carbons (Fsp3) is 0.333. The van der Waals surface area contributed by atoms with E-state index in [-0.39, 0.29) is 11.1 Å². The van der Waals surface area contributed by atoms with Crippen molar-refractivity contribution in [2.24, 2.45) is 0 Å². The summed E-state index contributed by atoms with van der Waals surface area (Å²) >= 11 is 0. The van der Waals surface area contributed by atoms with Gasteiger partial charge in [-0.15, -0.1) is 0 Å². The van der Waals surface area contributed by atoms with E-state index >= 15 is 0 Å². The predicted octanol–water partition coefficient (Wildman–Crippen LogP) is 1.64. The van der Waals surface area contributed by atoms with Gasteiger partial charge in [-0.2, -0.15) is 10.5 Å². The minimum atomic E-state index is -1.09. The number of nitriles is 2. The van der Waals surface area contributed by atoms with Crippen LogP contribution < -0.4 is 0 Å². The zero-order valence-electron chi connectivity index (χ0n) is 10.5. The molecular weight excluding hydrogens is 252 g/mol. The van der Waals surface area contributed by atoms with Crippen molar-refractivity contribution in [1.82, 2.24) is 0 Å². The Morgan fingerprint density at radius 3 is 1.58 bits per heavy atom. The van der Waals surface area contributed by atoms with E-state index in [1.807, 2.05) is 0 Å². The van der Waals surface area contributed by atoms with Crippen LogP contribution in [0.2, 0.25) is 0 Å². The first-order valence-corrected chi connectivity index (χ1v) is 5.41. The molecule has 0 N–H and O–H groups in total. The minimum Gasteiger partial charge on any atom is -0.253 e. The van der Waals surface area contributed by atoms with Crippen molar-refractivity contribution in [2.75, 3.05) is 0 Å². The Bertz CT molecular complexity index is 435. The lowest BCUT2D eigenvalue weighted by Crippen LogP contribution is -2.12. The van der Waals surface area contributed by atoms with Crippen molar-refractivity contribution in [1.29, 1.82) is 10.5 Å². The van der Waals surface area contributed by atoms with Gasteiger partial charge in [-0.1, -0.05) is 26.0 Å². The van der Waals surface area contributed by atoms with E-state index in [1.54, 1.807) is 26.0 Å². The number of nitrogens with zero attached hydrogens (tertiary/aromatic N) is 2. The maximum Gasteiger partial charge on any atom is 0.387 e. The fourth-order valence-corrected chi connectivity index (χ4v) is 0.926. The standard InChI is InChI=1S/C12H12N2O5/c1-3-5-9(7-13)11(15)17-19-18-12(16)10(8-14)6-4-2/h5-6H,3-4H2,1-2H3. The van der Waals surface area contributed by atoms with Gasteiger partial charge in [-0.3, -0.25) is 9.78 Å². The quantitative estimate of drug-likeness (QED) is 0.310. The van der Waals surface area contributed by atoms with Gasteiger partial charge in [0.25, 0.3) is 0 Å². The maximum absolute atomic E-state index is 11.2. The molecule has 0 rings (SSSR count). The van der Waals surface area contributed by atoms with Crippen LogP contribution in [-0.2, 0) is 24.4 Å². The lowest BCUT2D eigenvalue weighted by atomic mass is 10.2. The van der Waals surface area contributed by atoms with Crippen molar-refractivity contribution in [3.05, 3.63) is 23.3 Å². The lowest BCUT2D eigenvalue weighted by Gasteiger charge is -2.00. The molecule has 0 aliphatic carbocycles. The van der Waals surface area contributed by atoms with E-state index < -0.39 is 11.9 Å². The van der Waals surface area contributed by atoms with Crippen LogP contribution in [0.25, 0.3) is 0 Å². The molecular formula is C12H12N2O5. The average Bonchev–Trinajstić information content (AvgIpc) is 2.41. The average molecular weight is 264 g/mol. The molecule has 0 saturated heterocycles. The highest BCUT2D eigenvalue weighted by Crippen LogP contribution is 2.02. The summed E-state index contributed by atoms with van der Waals surface area (Å²) in [5.41, 5.74) is -0.550. The third-order valence-electron chi connectivity index (χ3n) is 1.72. The zero-order valence-corrected chi connectivity index (χ0v) is 10.5. The molecule has 0 amide bonds. The molecule has 0 fully saturated rings. The SMILES string of the molecule is CCC=C(C#N)C(=O)OOOC(=O)C(C#N)=CCC. The second kappa shape index (κ2) is 9.40. The van der Waals surface area contributed by atoms with Gasteiger partial charge in [-0.05, 0) is 12.8 Å². The highest BCUT2D eigenvalue weighted by Gasteiger charge is 2.15. The molecule has 0 radical (unpaired) electrons. The van der Waals surface area contributed by atoms with Gasteiger partial charge in [-0.25, -0.2) is 9.59 Å². The molecule has 0 aromatic carbocycles. The largest absolute Gasteiger partial charge is 0.387 e. The molecule has 0 saturated carbocycles. The highest BCUT2D eigenvalue weighted by atomic mass is 17.5. The van der Waals surface area contributed by atoms with E-state index in [0.29, 0.717) is 12.8 Å². The molecule has 0 heterocycles. The zero-order chi connectivity index (χ0) is 14.7. The number of rotatable bonds is 6. The summed E-state index contributed by atoms with van der Waals surface area (Å²) in [4.78, 5) is 30.6. The van der Waals surface area contributed by atoms with Crippen molar-refractivity contribution in [2.45, 2.75) is 26.7 Å². The molecule has 100 valence electrons. The van der Waals surface area contributed by atoms with Gasteiger partial charge >= 0.3 is 11.9 Å². The number of allylic oxidation sites excluding steroid dienone is 2. The van der Waals surface area contributed by atoms with E-state index in [9.17, 15) is 9.59 Å². The van der Waals surface area contributed by atoms with Gasteiger partial charge in [0.15, 0.2) is 0 Å². The molecule has 0 aliphatic rings. The number of hydrogen-bond acceptors (Lipinski definition) is 7. The smallest absolute Gasteiger partial charge is 0.253 e. The molecule has 7 heteroatoms. The van der Waals surface area contributed by atoms with Crippen LogP contribution in [0.3, 0.4) is 0 Å². The Hall–Kier alpha value is -2.64. The van der Waals surface area contributed by atoms with Crippen LogP contribution in [0.5, 0.6) is 0 Å². The number of carbonyl (C=O) groups excluding carboxylic acids is 2. The summed E-state index contributed by atoms with van der Waals surface area (Å²) in [6, 6.07) is 3.19. The van der Waals surface area contributed by atoms with Crippen LogP contribution in [-0.4, -0.2) is 11.9 Å². The molecule has 0 bridgehead atoms. The maximum atomic E-state index is 11.2. The van der Waals surface area contributed by atoms with Crippen LogP contribution >= 0.6 is 0 Å². The van der Waals surface area contributed by atoms with E-state index in [4.69, 9.17) is 10.5 Å². The van der Waals surface area contributed by atoms with Crippen molar-refractivity contribution in [3.8, 4) is 12.1 Å².